The summed E-state index contributed by atoms with van der Waals surface area (Å²) in [6.45, 7) is 3.84. The molecule has 1 aromatic carbocycles. The number of benzene rings is 1. The SMILES string of the molecule is Cc1ccc(C(C)n2ccnc2NC2CC2)cc1F. The highest BCUT2D eigenvalue weighted by atomic mass is 19.1. The number of aromatic nitrogens is 2. The van der Waals surface area contributed by atoms with Gasteiger partial charge in [-0.05, 0) is 43.9 Å². The van der Waals surface area contributed by atoms with Gasteiger partial charge in [0.05, 0.1) is 6.04 Å². The lowest BCUT2D eigenvalue weighted by molar-refractivity contribution is 0.599. The van der Waals surface area contributed by atoms with Gasteiger partial charge in [-0.1, -0.05) is 12.1 Å². The summed E-state index contributed by atoms with van der Waals surface area (Å²) in [5.41, 5.74) is 1.64. The van der Waals surface area contributed by atoms with E-state index < -0.39 is 0 Å². The molecule has 1 atom stereocenters. The van der Waals surface area contributed by atoms with E-state index in [1.54, 1.807) is 19.2 Å². The van der Waals surface area contributed by atoms with E-state index in [-0.39, 0.29) is 11.9 Å². The summed E-state index contributed by atoms with van der Waals surface area (Å²) in [4.78, 5) is 4.34. The van der Waals surface area contributed by atoms with Crippen LogP contribution in [0.3, 0.4) is 0 Å². The summed E-state index contributed by atoms with van der Waals surface area (Å²) in [5, 5.41) is 3.40. The lowest BCUT2D eigenvalue weighted by atomic mass is 10.1. The Morgan fingerprint density at radius 3 is 2.89 bits per heavy atom. The lowest BCUT2D eigenvalue weighted by Crippen LogP contribution is -2.13. The molecular formula is C15H18FN3. The van der Waals surface area contributed by atoms with Crippen LogP contribution in [-0.2, 0) is 0 Å². The molecule has 0 amide bonds. The van der Waals surface area contributed by atoms with Crippen molar-refractivity contribution in [3.63, 3.8) is 0 Å². The first-order valence-electron chi connectivity index (χ1n) is 6.70. The van der Waals surface area contributed by atoms with E-state index in [4.69, 9.17) is 0 Å². The van der Waals surface area contributed by atoms with Crippen molar-refractivity contribution in [2.45, 2.75) is 38.8 Å². The van der Waals surface area contributed by atoms with Crippen LogP contribution in [0.25, 0.3) is 0 Å². The van der Waals surface area contributed by atoms with Crippen LogP contribution in [-0.4, -0.2) is 15.6 Å². The molecule has 1 heterocycles. The summed E-state index contributed by atoms with van der Waals surface area (Å²) in [6, 6.07) is 6.04. The van der Waals surface area contributed by atoms with Gasteiger partial charge in [-0.3, -0.25) is 0 Å². The summed E-state index contributed by atoms with van der Waals surface area (Å²) in [6.07, 6.45) is 6.14. The summed E-state index contributed by atoms with van der Waals surface area (Å²) >= 11 is 0. The molecule has 4 heteroatoms. The Morgan fingerprint density at radius 2 is 2.21 bits per heavy atom. The van der Waals surface area contributed by atoms with Crippen molar-refractivity contribution in [2.75, 3.05) is 5.32 Å². The molecule has 0 bridgehead atoms. The summed E-state index contributed by atoms with van der Waals surface area (Å²) < 4.78 is 15.7. The number of rotatable bonds is 4. The quantitative estimate of drug-likeness (QED) is 0.910. The second kappa shape index (κ2) is 4.68. The molecule has 0 spiro atoms. The third-order valence-electron chi connectivity index (χ3n) is 3.67. The summed E-state index contributed by atoms with van der Waals surface area (Å²) in [5.74, 6) is 0.720. The minimum Gasteiger partial charge on any atom is -0.353 e. The molecule has 1 unspecified atom stereocenters. The lowest BCUT2D eigenvalue weighted by Gasteiger charge is -2.18. The van der Waals surface area contributed by atoms with E-state index in [9.17, 15) is 4.39 Å². The van der Waals surface area contributed by atoms with Gasteiger partial charge in [0, 0.05) is 18.4 Å². The second-order valence-corrected chi connectivity index (χ2v) is 5.26. The van der Waals surface area contributed by atoms with E-state index in [0.29, 0.717) is 11.6 Å². The molecule has 3 rings (SSSR count). The van der Waals surface area contributed by atoms with Gasteiger partial charge in [0.15, 0.2) is 0 Å². The van der Waals surface area contributed by atoms with Gasteiger partial charge in [0.1, 0.15) is 5.82 Å². The van der Waals surface area contributed by atoms with Gasteiger partial charge in [-0.25, -0.2) is 9.37 Å². The first-order chi connectivity index (χ1) is 9.15. The van der Waals surface area contributed by atoms with E-state index in [0.717, 1.165) is 11.5 Å². The molecule has 1 saturated carbocycles. The Kier molecular flexibility index (Phi) is 3.01. The molecule has 3 nitrogen and oxygen atoms in total. The van der Waals surface area contributed by atoms with Gasteiger partial charge in [0.2, 0.25) is 5.95 Å². The van der Waals surface area contributed by atoms with Crippen LogP contribution in [0, 0.1) is 12.7 Å². The van der Waals surface area contributed by atoms with Crippen LogP contribution in [0.2, 0.25) is 0 Å². The molecule has 0 saturated heterocycles. The van der Waals surface area contributed by atoms with Gasteiger partial charge >= 0.3 is 0 Å². The van der Waals surface area contributed by atoms with Crippen molar-refractivity contribution in [2.24, 2.45) is 0 Å². The topological polar surface area (TPSA) is 29.9 Å². The molecule has 19 heavy (non-hydrogen) atoms. The van der Waals surface area contributed by atoms with Crippen molar-refractivity contribution < 1.29 is 4.39 Å². The fraction of sp³-hybridized carbons (Fsp3) is 0.400. The zero-order chi connectivity index (χ0) is 13.4. The van der Waals surface area contributed by atoms with Crippen molar-refractivity contribution in [1.29, 1.82) is 0 Å². The Labute approximate surface area is 112 Å². The van der Waals surface area contributed by atoms with Crippen molar-refractivity contribution in [3.8, 4) is 0 Å². The molecule has 1 aliphatic rings. The third-order valence-corrected chi connectivity index (χ3v) is 3.67. The highest BCUT2D eigenvalue weighted by Crippen LogP contribution is 2.27. The fourth-order valence-electron chi connectivity index (χ4n) is 2.18. The molecule has 0 aliphatic heterocycles. The maximum atomic E-state index is 13.7. The largest absolute Gasteiger partial charge is 0.353 e. The van der Waals surface area contributed by atoms with Crippen LogP contribution in [0.15, 0.2) is 30.6 Å². The first-order valence-corrected chi connectivity index (χ1v) is 6.70. The molecule has 0 radical (unpaired) electrons. The number of anilines is 1. The minimum absolute atomic E-state index is 0.0684. The predicted molar refractivity (Wildman–Crippen MR) is 73.8 cm³/mol. The second-order valence-electron chi connectivity index (χ2n) is 5.26. The Bertz CT molecular complexity index is 587. The molecule has 100 valence electrons. The molecule has 1 aromatic heterocycles. The van der Waals surface area contributed by atoms with Crippen molar-refractivity contribution in [1.82, 2.24) is 9.55 Å². The van der Waals surface area contributed by atoms with Crippen molar-refractivity contribution in [3.05, 3.63) is 47.5 Å². The van der Waals surface area contributed by atoms with Gasteiger partial charge in [-0.2, -0.15) is 0 Å². The first kappa shape index (κ1) is 12.2. The van der Waals surface area contributed by atoms with E-state index in [1.165, 1.54) is 12.8 Å². The standard InChI is InChI=1S/C15H18FN3/c1-10-3-4-12(9-14(10)16)11(2)19-8-7-17-15(19)18-13-5-6-13/h3-4,7-9,11,13H,5-6H2,1-2H3,(H,17,18). The number of imidazole rings is 1. The number of nitrogens with zero attached hydrogens (tertiary/aromatic N) is 2. The van der Waals surface area contributed by atoms with Crippen LogP contribution < -0.4 is 5.32 Å². The third kappa shape index (κ3) is 2.48. The average Bonchev–Trinajstić information content (AvgIpc) is 3.08. The highest BCUT2D eigenvalue weighted by Gasteiger charge is 2.23. The average molecular weight is 259 g/mol. The van der Waals surface area contributed by atoms with E-state index in [1.807, 2.05) is 18.3 Å². The maximum Gasteiger partial charge on any atom is 0.203 e. The Balaban J connectivity index is 1.87. The maximum absolute atomic E-state index is 13.7. The Hall–Kier alpha value is -1.84. The van der Waals surface area contributed by atoms with Crippen LogP contribution in [0.5, 0.6) is 0 Å². The minimum atomic E-state index is -0.152. The number of hydrogen-bond acceptors (Lipinski definition) is 2. The number of nitrogens with one attached hydrogen (secondary N) is 1. The zero-order valence-corrected chi connectivity index (χ0v) is 11.2. The molecule has 1 fully saturated rings. The monoisotopic (exact) mass is 259 g/mol. The highest BCUT2D eigenvalue weighted by molar-refractivity contribution is 5.34. The van der Waals surface area contributed by atoms with Crippen LogP contribution in [0.1, 0.15) is 36.9 Å². The van der Waals surface area contributed by atoms with Crippen molar-refractivity contribution >= 4 is 5.95 Å². The van der Waals surface area contributed by atoms with Gasteiger partial charge in [0.25, 0.3) is 0 Å². The normalized spacial score (nSPS) is 16.4. The predicted octanol–water partition coefficient (Wildman–Crippen LogP) is 3.51. The molecule has 2 aromatic rings. The molecular weight excluding hydrogens is 241 g/mol. The smallest absolute Gasteiger partial charge is 0.203 e. The number of halogens is 1. The Morgan fingerprint density at radius 1 is 1.42 bits per heavy atom. The summed E-state index contributed by atoms with van der Waals surface area (Å²) in [7, 11) is 0. The van der Waals surface area contributed by atoms with Crippen LogP contribution >= 0.6 is 0 Å². The molecule has 1 N–H and O–H groups in total. The van der Waals surface area contributed by atoms with Gasteiger partial charge in [-0.15, -0.1) is 0 Å². The van der Waals surface area contributed by atoms with E-state index >= 15 is 0 Å². The fourth-order valence-corrected chi connectivity index (χ4v) is 2.18. The van der Waals surface area contributed by atoms with E-state index in [2.05, 4.69) is 21.8 Å². The van der Waals surface area contributed by atoms with Crippen LogP contribution in [0.4, 0.5) is 10.3 Å². The van der Waals surface area contributed by atoms with Gasteiger partial charge < -0.3 is 9.88 Å². The number of aryl methyl sites for hydroxylation is 1. The zero-order valence-electron chi connectivity index (χ0n) is 11.2. The number of hydrogen-bond donors (Lipinski definition) is 1. The molecule has 1 aliphatic carbocycles.